The normalized spacial score (nSPS) is 12.9. The standard InChI is InChI=1S/C27H25FN2O5/c1-2-7-24(26(32)33)30-25(31)21-14-16(12-13-23(21)28)29-27(34)35-15-22-19-10-5-3-8-17(19)18-9-4-6-11-20(18)22/h3-6,8-14,22,24H,2,7,15H2,1H3,(H,29,34)(H,30,31)(H,32,33)/t24-/m0/s1. The number of anilines is 1. The van der Waals surface area contributed by atoms with Crippen LogP contribution >= 0.6 is 0 Å². The van der Waals surface area contributed by atoms with Gasteiger partial charge in [-0.1, -0.05) is 61.9 Å². The third kappa shape index (κ3) is 5.16. The molecule has 0 saturated heterocycles. The Morgan fingerprint density at radius 3 is 2.23 bits per heavy atom. The summed E-state index contributed by atoms with van der Waals surface area (Å²) in [6.07, 6.45) is -0.0111. The first kappa shape index (κ1) is 23.9. The largest absolute Gasteiger partial charge is 0.480 e. The van der Waals surface area contributed by atoms with Crippen molar-refractivity contribution in [1.29, 1.82) is 0 Å². The molecule has 0 heterocycles. The fourth-order valence-corrected chi connectivity index (χ4v) is 4.31. The summed E-state index contributed by atoms with van der Waals surface area (Å²) in [6, 6.07) is 18.3. The third-order valence-corrected chi connectivity index (χ3v) is 5.98. The summed E-state index contributed by atoms with van der Waals surface area (Å²) in [5.74, 6) is -3.02. The monoisotopic (exact) mass is 476 g/mol. The second kappa shape index (κ2) is 10.4. The van der Waals surface area contributed by atoms with Gasteiger partial charge in [-0.05, 0) is 46.9 Å². The summed E-state index contributed by atoms with van der Waals surface area (Å²) < 4.78 is 19.8. The van der Waals surface area contributed by atoms with Crippen molar-refractivity contribution in [2.24, 2.45) is 0 Å². The first-order chi connectivity index (χ1) is 16.9. The second-order valence-corrected chi connectivity index (χ2v) is 8.30. The lowest BCUT2D eigenvalue weighted by Crippen LogP contribution is -2.41. The van der Waals surface area contributed by atoms with Crippen LogP contribution in [0.1, 0.15) is 47.2 Å². The van der Waals surface area contributed by atoms with Gasteiger partial charge in [-0.15, -0.1) is 0 Å². The molecule has 0 spiro atoms. The number of nitrogens with one attached hydrogen (secondary N) is 2. The van der Waals surface area contributed by atoms with Gasteiger partial charge in [0.25, 0.3) is 5.91 Å². The van der Waals surface area contributed by atoms with E-state index in [1.165, 1.54) is 6.07 Å². The number of carbonyl (C=O) groups excluding carboxylic acids is 2. The summed E-state index contributed by atoms with van der Waals surface area (Å²) >= 11 is 0. The van der Waals surface area contributed by atoms with Crippen LogP contribution in [0.15, 0.2) is 66.7 Å². The summed E-state index contributed by atoms with van der Waals surface area (Å²) in [5, 5.41) is 14.1. The van der Waals surface area contributed by atoms with Gasteiger partial charge >= 0.3 is 12.1 Å². The molecule has 0 unspecified atom stereocenters. The number of ether oxygens (including phenoxy) is 1. The Labute approximate surface area is 201 Å². The fraction of sp³-hybridized carbons (Fsp3) is 0.222. The minimum atomic E-state index is -1.20. The number of hydrogen-bond acceptors (Lipinski definition) is 4. The number of benzene rings is 3. The highest BCUT2D eigenvalue weighted by Crippen LogP contribution is 2.44. The number of halogens is 1. The van der Waals surface area contributed by atoms with Gasteiger partial charge in [-0.3, -0.25) is 10.1 Å². The molecule has 0 aliphatic heterocycles. The fourth-order valence-electron chi connectivity index (χ4n) is 4.31. The van der Waals surface area contributed by atoms with E-state index in [1.807, 2.05) is 48.5 Å². The third-order valence-electron chi connectivity index (χ3n) is 5.98. The van der Waals surface area contributed by atoms with E-state index in [9.17, 15) is 23.9 Å². The first-order valence-corrected chi connectivity index (χ1v) is 11.3. The van der Waals surface area contributed by atoms with E-state index in [0.29, 0.717) is 6.42 Å². The van der Waals surface area contributed by atoms with E-state index in [-0.39, 0.29) is 30.2 Å². The summed E-state index contributed by atoms with van der Waals surface area (Å²) in [4.78, 5) is 36.3. The Hall–Kier alpha value is -4.20. The van der Waals surface area contributed by atoms with Gasteiger partial charge in [0, 0.05) is 11.6 Å². The van der Waals surface area contributed by atoms with Crippen molar-refractivity contribution in [3.63, 3.8) is 0 Å². The average molecular weight is 477 g/mol. The van der Waals surface area contributed by atoms with E-state index in [0.717, 1.165) is 34.4 Å². The highest BCUT2D eigenvalue weighted by atomic mass is 19.1. The maximum absolute atomic E-state index is 14.3. The molecular formula is C27H25FN2O5. The molecule has 0 bridgehead atoms. The van der Waals surface area contributed by atoms with Crippen LogP contribution in [0.3, 0.4) is 0 Å². The Morgan fingerprint density at radius 2 is 1.63 bits per heavy atom. The maximum Gasteiger partial charge on any atom is 0.411 e. The number of aliphatic carboxylic acids is 1. The molecule has 0 aromatic heterocycles. The van der Waals surface area contributed by atoms with Crippen LogP contribution in [-0.2, 0) is 9.53 Å². The molecule has 1 aliphatic rings. The SMILES string of the molecule is CCC[C@H](NC(=O)c1cc(NC(=O)OCC2c3ccccc3-c3ccccc32)ccc1F)C(=O)O. The number of carboxylic acids is 1. The van der Waals surface area contributed by atoms with Gasteiger partial charge in [0.05, 0.1) is 5.56 Å². The summed E-state index contributed by atoms with van der Waals surface area (Å²) in [5.41, 5.74) is 4.13. The number of rotatable bonds is 8. The molecule has 1 atom stereocenters. The average Bonchev–Trinajstić information content (AvgIpc) is 3.17. The topological polar surface area (TPSA) is 105 Å². The Kier molecular flexibility index (Phi) is 7.10. The molecule has 7 nitrogen and oxygen atoms in total. The maximum atomic E-state index is 14.3. The number of fused-ring (bicyclic) bond motifs is 3. The van der Waals surface area contributed by atoms with Gasteiger partial charge in [0.2, 0.25) is 0 Å². The van der Waals surface area contributed by atoms with Crippen LogP contribution in [0.25, 0.3) is 11.1 Å². The zero-order valence-corrected chi connectivity index (χ0v) is 19.1. The molecule has 8 heteroatoms. The van der Waals surface area contributed by atoms with E-state index in [1.54, 1.807) is 6.92 Å². The van der Waals surface area contributed by atoms with Crippen LogP contribution in [0.2, 0.25) is 0 Å². The van der Waals surface area contributed by atoms with Gasteiger partial charge in [-0.25, -0.2) is 14.0 Å². The first-order valence-electron chi connectivity index (χ1n) is 11.3. The lowest BCUT2D eigenvalue weighted by Gasteiger charge is -2.16. The van der Waals surface area contributed by atoms with Crippen molar-refractivity contribution in [3.05, 3.63) is 89.2 Å². The predicted octanol–water partition coefficient (Wildman–Crippen LogP) is 5.17. The summed E-state index contributed by atoms with van der Waals surface area (Å²) in [7, 11) is 0. The van der Waals surface area contributed by atoms with Gasteiger partial charge in [-0.2, -0.15) is 0 Å². The van der Waals surface area contributed by atoms with Crippen molar-refractivity contribution in [2.45, 2.75) is 31.7 Å². The number of carboxylic acid groups (broad SMARTS) is 1. The van der Waals surface area contributed by atoms with Gasteiger partial charge < -0.3 is 15.2 Å². The molecule has 2 amide bonds. The highest BCUT2D eigenvalue weighted by molar-refractivity contribution is 5.98. The minimum Gasteiger partial charge on any atom is -0.480 e. The van der Waals surface area contributed by atoms with Crippen LogP contribution in [0.5, 0.6) is 0 Å². The van der Waals surface area contributed by atoms with Crippen LogP contribution in [-0.4, -0.2) is 35.7 Å². The molecule has 3 N–H and O–H groups in total. The van der Waals surface area contributed by atoms with Crippen molar-refractivity contribution < 1.29 is 28.6 Å². The number of carbonyl (C=O) groups is 3. The van der Waals surface area contributed by atoms with Crippen LogP contribution in [0.4, 0.5) is 14.9 Å². The Morgan fingerprint density at radius 1 is 1.00 bits per heavy atom. The zero-order chi connectivity index (χ0) is 24.9. The smallest absolute Gasteiger partial charge is 0.411 e. The second-order valence-electron chi connectivity index (χ2n) is 8.30. The Balaban J connectivity index is 1.43. The molecule has 0 fully saturated rings. The molecule has 0 saturated carbocycles. The van der Waals surface area contributed by atoms with Crippen molar-refractivity contribution in [3.8, 4) is 11.1 Å². The van der Waals surface area contributed by atoms with Gasteiger partial charge in [0.1, 0.15) is 18.5 Å². The highest BCUT2D eigenvalue weighted by Gasteiger charge is 2.29. The molecule has 35 heavy (non-hydrogen) atoms. The van der Waals surface area contributed by atoms with E-state index in [2.05, 4.69) is 10.6 Å². The molecule has 180 valence electrons. The predicted molar refractivity (Wildman–Crippen MR) is 129 cm³/mol. The van der Waals surface area contributed by atoms with Crippen molar-refractivity contribution >= 4 is 23.7 Å². The molecular weight excluding hydrogens is 451 g/mol. The van der Waals surface area contributed by atoms with Crippen LogP contribution in [0, 0.1) is 5.82 Å². The molecule has 1 aliphatic carbocycles. The quantitative estimate of drug-likeness (QED) is 0.416. The number of hydrogen-bond donors (Lipinski definition) is 3. The van der Waals surface area contributed by atoms with Crippen LogP contribution < -0.4 is 10.6 Å². The summed E-state index contributed by atoms with van der Waals surface area (Å²) in [6.45, 7) is 1.88. The zero-order valence-electron chi connectivity index (χ0n) is 19.1. The number of amides is 2. The molecule has 4 rings (SSSR count). The van der Waals surface area contributed by atoms with Crippen molar-refractivity contribution in [2.75, 3.05) is 11.9 Å². The Bertz CT molecular complexity index is 1230. The van der Waals surface area contributed by atoms with E-state index < -0.39 is 29.8 Å². The molecule has 0 radical (unpaired) electrons. The lowest BCUT2D eigenvalue weighted by atomic mass is 9.98. The minimum absolute atomic E-state index is 0.103. The molecule has 3 aromatic carbocycles. The van der Waals surface area contributed by atoms with E-state index in [4.69, 9.17) is 4.74 Å². The lowest BCUT2D eigenvalue weighted by molar-refractivity contribution is -0.139. The molecule has 3 aromatic rings. The van der Waals surface area contributed by atoms with Gasteiger partial charge in [0.15, 0.2) is 0 Å². The van der Waals surface area contributed by atoms with Crippen molar-refractivity contribution in [1.82, 2.24) is 5.32 Å². The van der Waals surface area contributed by atoms with E-state index >= 15 is 0 Å².